The molecule has 6 heteroatoms. The summed E-state index contributed by atoms with van der Waals surface area (Å²) in [6, 6.07) is 8.06. The van der Waals surface area contributed by atoms with Crippen molar-refractivity contribution < 1.29 is 9.72 Å². The number of amides is 1. The third-order valence-corrected chi connectivity index (χ3v) is 6.45. The minimum absolute atomic E-state index is 0.0148. The number of nitrogens with one attached hydrogen (secondary N) is 1. The van der Waals surface area contributed by atoms with Gasteiger partial charge in [-0.3, -0.25) is 19.8 Å². The number of carbonyl (C=O) groups excluding carboxylic acids is 1. The van der Waals surface area contributed by atoms with Crippen molar-refractivity contribution in [3.63, 3.8) is 0 Å². The smallest absolute Gasteiger partial charge is 0.269 e. The van der Waals surface area contributed by atoms with E-state index in [1.165, 1.54) is 57.1 Å². The van der Waals surface area contributed by atoms with E-state index >= 15 is 0 Å². The largest absolute Gasteiger partial charge is 0.349 e. The summed E-state index contributed by atoms with van der Waals surface area (Å²) in [5, 5.41) is 13.9. The predicted molar refractivity (Wildman–Crippen MR) is 99.1 cm³/mol. The second kappa shape index (κ2) is 7.35. The fraction of sp³-hybridized carbons (Fsp3) is 0.650. The third-order valence-electron chi connectivity index (χ3n) is 6.45. The van der Waals surface area contributed by atoms with Crippen molar-refractivity contribution in [2.24, 2.45) is 0 Å². The van der Waals surface area contributed by atoms with Gasteiger partial charge in [0, 0.05) is 41.9 Å². The van der Waals surface area contributed by atoms with Gasteiger partial charge >= 0.3 is 0 Å². The Morgan fingerprint density at radius 2 is 1.54 bits per heavy atom. The van der Waals surface area contributed by atoms with Crippen LogP contribution in [0.5, 0.6) is 0 Å². The predicted octanol–water partition coefficient (Wildman–Crippen LogP) is 3.65. The molecule has 1 aromatic carbocycles. The lowest BCUT2D eigenvalue weighted by molar-refractivity contribution is -0.384. The fourth-order valence-corrected chi connectivity index (χ4v) is 5.34. The van der Waals surface area contributed by atoms with Gasteiger partial charge in [0.05, 0.1) is 4.92 Å². The number of carbonyl (C=O) groups is 1. The average molecular weight is 357 g/mol. The molecular weight excluding hydrogens is 330 g/mol. The molecule has 2 aliphatic heterocycles. The van der Waals surface area contributed by atoms with Crippen LogP contribution in [0.3, 0.4) is 0 Å². The first-order chi connectivity index (χ1) is 12.6. The summed E-state index contributed by atoms with van der Waals surface area (Å²) in [4.78, 5) is 25.7. The zero-order valence-corrected chi connectivity index (χ0v) is 15.1. The van der Waals surface area contributed by atoms with Crippen molar-refractivity contribution in [1.29, 1.82) is 0 Å². The van der Waals surface area contributed by atoms with Crippen molar-refractivity contribution in [2.75, 3.05) is 0 Å². The summed E-state index contributed by atoms with van der Waals surface area (Å²) in [6.07, 6.45) is 11.3. The van der Waals surface area contributed by atoms with Gasteiger partial charge in [0.2, 0.25) is 0 Å². The van der Waals surface area contributed by atoms with Crippen molar-refractivity contribution in [3.8, 4) is 0 Å². The van der Waals surface area contributed by atoms with Crippen LogP contribution in [0.15, 0.2) is 24.3 Å². The van der Waals surface area contributed by atoms with Crippen LogP contribution in [0.2, 0.25) is 0 Å². The summed E-state index contributed by atoms with van der Waals surface area (Å²) in [5.74, 6) is -0.114. The SMILES string of the molecule is O=C(NC1C[C@@H]2CCC[C@@H](C1)N2C1CCCC1)c1ccc([N+](=O)[O-])cc1. The Morgan fingerprint density at radius 1 is 0.962 bits per heavy atom. The molecule has 0 radical (unpaired) electrons. The van der Waals surface area contributed by atoms with Gasteiger partial charge in [-0.05, 0) is 50.7 Å². The number of piperidine rings is 2. The van der Waals surface area contributed by atoms with E-state index in [1.54, 1.807) is 12.1 Å². The number of hydrogen-bond donors (Lipinski definition) is 1. The maximum Gasteiger partial charge on any atom is 0.269 e. The highest BCUT2D eigenvalue weighted by Crippen LogP contribution is 2.39. The lowest BCUT2D eigenvalue weighted by Crippen LogP contribution is -2.59. The van der Waals surface area contributed by atoms with Crippen LogP contribution >= 0.6 is 0 Å². The highest BCUT2D eigenvalue weighted by Gasteiger charge is 2.42. The van der Waals surface area contributed by atoms with Gasteiger partial charge in [0.15, 0.2) is 0 Å². The van der Waals surface area contributed by atoms with Crippen LogP contribution in [-0.4, -0.2) is 39.9 Å². The van der Waals surface area contributed by atoms with E-state index in [0.717, 1.165) is 18.9 Å². The topological polar surface area (TPSA) is 75.5 Å². The molecule has 2 saturated heterocycles. The maximum absolute atomic E-state index is 12.6. The Morgan fingerprint density at radius 3 is 2.12 bits per heavy atom. The quantitative estimate of drug-likeness (QED) is 0.659. The van der Waals surface area contributed by atoms with Crippen molar-refractivity contribution in [2.45, 2.75) is 82.0 Å². The Labute approximate surface area is 154 Å². The second-order valence-electron chi connectivity index (χ2n) is 8.07. The maximum atomic E-state index is 12.6. The number of nitrogens with zero attached hydrogens (tertiary/aromatic N) is 2. The van der Waals surface area contributed by atoms with Crippen molar-refractivity contribution in [3.05, 3.63) is 39.9 Å². The van der Waals surface area contributed by atoms with Crippen LogP contribution in [0, 0.1) is 10.1 Å². The minimum Gasteiger partial charge on any atom is -0.349 e. The molecule has 3 fully saturated rings. The van der Waals surface area contributed by atoms with Crippen LogP contribution in [0.25, 0.3) is 0 Å². The van der Waals surface area contributed by atoms with Crippen LogP contribution in [-0.2, 0) is 0 Å². The summed E-state index contributed by atoms with van der Waals surface area (Å²) < 4.78 is 0. The number of hydrogen-bond acceptors (Lipinski definition) is 4. The molecule has 1 N–H and O–H groups in total. The van der Waals surface area contributed by atoms with Gasteiger partial charge in [-0.1, -0.05) is 19.3 Å². The number of fused-ring (bicyclic) bond motifs is 2. The highest BCUT2D eigenvalue weighted by molar-refractivity contribution is 5.94. The molecular formula is C20H27N3O3. The number of benzene rings is 1. The van der Waals surface area contributed by atoms with Crippen LogP contribution < -0.4 is 5.32 Å². The second-order valence-corrected chi connectivity index (χ2v) is 8.07. The Balaban J connectivity index is 1.40. The molecule has 0 spiro atoms. The van der Waals surface area contributed by atoms with E-state index in [-0.39, 0.29) is 17.6 Å². The molecule has 2 bridgehead atoms. The van der Waals surface area contributed by atoms with Crippen LogP contribution in [0.1, 0.15) is 68.1 Å². The molecule has 1 saturated carbocycles. The van der Waals surface area contributed by atoms with E-state index in [9.17, 15) is 14.9 Å². The summed E-state index contributed by atoms with van der Waals surface area (Å²) in [6.45, 7) is 0. The molecule has 2 atom stereocenters. The number of non-ortho nitro benzene ring substituents is 1. The van der Waals surface area contributed by atoms with Gasteiger partial charge in [0.1, 0.15) is 0 Å². The first kappa shape index (κ1) is 17.5. The molecule has 3 aliphatic rings. The molecule has 0 aromatic heterocycles. The Hall–Kier alpha value is -1.95. The molecule has 26 heavy (non-hydrogen) atoms. The molecule has 1 aromatic rings. The standard InChI is InChI=1S/C20H27N3O3/c24-20(14-8-10-17(11-9-14)23(25)26)21-15-12-18-6-3-7-19(13-15)22(18)16-4-1-2-5-16/h8-11,15-16,18-19H,1-7,12-13H2,(H,21,24)/t18-,19-/m0/s1. The zero-order chi connectivity index (χ0) is 18.1. The minimum atomic E-state index is -0.443. The monoisotopic (exact) mass is 357 g/mol. The third kappa shape index (κ3) is 3.47. The highest BCUT2D eigenvalue weighted by atomic mass is 16.6. The van der Waals surface area contributed by atoms with Crippen molar-refractivity contribution in [1.82, 2.24) is 10.2 Å². The first-order valence-electron chi connectivity index (χ1n) is 9.94. The van der Waals surface area contributed by atoms with Gasteiger partial charge in [0.25, 0.3) is 11.6 Å². The summed E-state index contributed by atoms with van der Waals surface area (Å²) in [7, 11) is 0. The van der Waals surface area contributed by atoms with E-state index in [2.05, 4.69) is 10.2 Å². The normalized spacial score (nSPS) is 29.5. The van der Waals surface area contributed by atoms with Gasteiger partial charge in [-0.15, -0.1) is 0 Å². The molecule has 6 nitrogen and oxygen atoms in total. The van der Waals surface area contributed by atoms with Gasteiger partial charge < -0.3 is 5.32 Å². The molecule has 4 rings (SSSR count). The van der Waals surface area contributed by atoms with Crippen LogP contribution in [0.4, 0.5) is 5.69 Å². The first-order valence-corrected chi connectivity index (χ1v) is 9.94. The average Bonchev–Trinajstić information content (AvgIpc) is 3.15. The van der Waals surface area contributed by atoms with E-state index in [0.29, 0.717) is 17.6 Å². The molecule has 140 valence electrons. The lowest BCUT2D eigenvalue weighted by atomic mass is 9.80. The van der Waals surface area contributed by atoms with E-state index < -0.39 is 4.92 Å². The fourth-order valence-electron chi connectivity index (χ4n) is 5.34. The van der Waals surface area contributed by atoms with Gasteiger partial charge in [-0.25, -0.2) is 0 Å². The molecule has 0 unspecified atom stereocenters. The van der Waals surface area contributed by atoms with E-state index in [4.69, 9.17) is 0 Å². The molecule has 1 aliphatic carbocycles. The van der Waals surface area contributed by atoms with Crippen molar-refractivity contribution >= 4 is 11.6 Å². The molecule has 2 heterocycles. The summed E-state index contributed by atoms with van der Waals surface area (Å²) in [5.41, 5.74) is 0.514. The Kier molecular flexibility index (Phi) is 4.94. The lowest BCUT2D eigenvalue weighted by Gasteiger charge is -2.51. The van der Waals surface area contributed by atoms with Gasteiger partial charge in [-0.2, -0.15) is 0 Å². The Bertz CT molecular complexity index is 655. The zero-order valence-electron chi connectivity index (χ0n) is 15.1. The number of nitro groups is 1. The van der Waals surface area contributed by atoms with E-state index in [1.807, 2.05) is 0 Å². The summed E-state index contributed by atoms with van der Waals surface area (Å²) >= 11 is 0. The number of rotatable bonds is 4. The molecule has 1 amide bonds. The number of nitro benzene ring substituents is 1.